The summed E-state index contributed by atoms with van der Waals surface area (Å²) in [6.45, 7) is 0.301. The van der Waals surface area contributed by atoms with Crippen molar-refractivity contribution in [3.05, 3.63) is 18.1 Å². The first-order valence-corrected chi connectivity index (χ1v) is 5.30. The van der Waals surface area contributed by atoms with Crippen LogP contribution in [-0.2, 0) is 6.18 Å². The van der Waals surface area contributed by atoms with Crippen LogP contribution in [0, 0.1) is 5.92 Å². The molecule has 1 fully saturated rings. The zero-order chi connectivity index (χ0) is 13.3. The van der Waals surface area contributed by atoms with Gasteiger partial charge in [-0.1, -0.05) is 0 Å². The highest BCUT2D eigenvalue weighted by molar-refractivity contribution is 5.40. The number of alkyl halides is 5. The van der Waals surface area contributed by atoms with Crippen molar-refractivity contribution in [2.45, 2.75) is 19.0 Å². The van der Waals surface area contributed by atoms with Crippen molar-refractivity contribution >= 4 is 5.82 Å². The number of nitrogens with zero attached hydrogens (tertiary/aromatic N) is 3. The minimum Gasteiger partial charge on any atom is -0.356 e. The van der Waals surface area contributed by atoms with Crippen LogP contribution in [0.5, 0.6) is 0 Å². The van der Waals surface area contributed by atoms with Gasteiger partial charge in [0, 0.05) is 25.1 Å². The van der Waals surface area contributed by atoms with Gasteiger partial charge < -0.3 is 4.90 Å². The summed E-state index contributed by atoms with van der Waals surface area (Å²) in [6.07, 6.45) is -5.96. The lowest BCUT2D eigenvalue weighted by atomic mass is 10.1. The molecule has 0 bridgehead atoms. The molecule has 0 spiro atoms. The van der Waals surface area contributed by atoms with Crippen molar-refractivity contribution < 1.29 is 22.0 Å². The van der Waals surface area contributed by atoms with Crippen molar-refractivity contribution in [1.29, 1.82) is 0 Å². The van der Waals surface area contributed by atoms with Crippen molar-refractivity contribution in [3.8, 4) is 0 Å². The van der Waals surface area contributed by atoms with E-state index >= 15 is 0 Å². The Morgan fingerprint density at radius 2 is 2.00 bits per heavy atom. The Balaban J connectivity index is 2.15. The third-order valence-corrected chi connectivity index (χ3v) is 2.85. The molecule has 100 valence electrons. The fourth-order valence-corrected chi connectivity index (χ4v) is 1.88. The molecule has 3 nitrogen and oxygen atoms in total. The molecule has 2 heterocycles. The molecular weight excluding hydrogens is 257 g/mol. The second-order valence-electron chi connectivity index (χ2n) is 4.09. The average molecular weight is 267 g/mol. The second kappa shape index (κ2) is 4.66. The Morgan fingerprint density at radius 1 is 1.28 bits per heavy atom. The first-order chi connectivity index (χ1) is 8.38. The number of hydrogen-bond acceptors (Lipinski definition) is 3. The lowest BCUT2D eigenvalue weighted by Crippen LogP contribution is -2.23. The van der Waals surface area contributed by atoms with E-state index in [0.29, 0.717) is 0 Å². The van der Waals surface area contributed by atoms with Gasteiger partial charge in [-0.25, -0.2) is 18.7 Å². The molecule has 1 saturated heterocycles. The Bertz CT molecular complexity index is 420. The van der Waals surface area contributed by atoms with E-state index in [0.717, 1.165) is 12.4 Å². The minimum atomic E-state index is -4.56. The third-order valence-electron chi connectivity index (χ3n) is 2.85. The topological polar surface area (TPSA) is 29.0 Å². The summed E-state index contributed by atoms with van der Waals surface area (Å²) in [4.78, 5) is 8.25. The Morgan fingerprint density at radius 3 is 2.56 bits per heavy atom. The van der Waals surface area contributed by atoms with Gasteiger partial charge in [0.05, 0.1) is 0 Å². The maximum Gasteiger partial charge on any atom is 0.433 e. The van der Waals surface area contributed by atoms with E-state index in [2.05, 4.69) is 9.97 Å². The fourth-order valence-electron chi connectivity index (χ4n) is 1.88. The smallest absolute Gasteiger partial charge is 0.356 e. The van der Waals surface area contributed by atoms with Gasteiger partial charge in [-0.3, -0.25) is 0 Å². The van der Waals surface area contributed by atoms with Crippen LogP contribution in [0.4, 0.5) is 27.8 Å². The highest BCUT2D eigenvalue weighted by Gasteiger charge is 2.35. The molecule has 1 aliphatic heterocycles. The van der Waals surface area contributed by atoms with Gasteiger partial charge >= 0.3 is 6.18 Å². The molecule has 1 aliphatic rings. The summed E-state index contributed by atoms with van der Waals surface area (Å²) < 4.78 is 62.2. The second-order valence-corrected chi connectivity index (χ2v) is 4.09. The first-order valence-electron chi connectivity index (χ1n) is 5.30. The quantitative estimate of drug-likeness (QED) is 0.771. The summed E-state index contributed by atoms with van der Waals surface area (Å²) >= 11 is 0. The molecule has 18 heavy (non-hydrogen) atoms. The molecule has 0 radical (unpaired) electrons. The van der Waals surface area contributed by atoms with E-state index in [9.17, 15) is 22.0 Å². The molecule has 0 aliphatic carbocycles. The van der Waals surface area contributed by atoms with Gasteiger partial charge in [-0.2, -0.15) is 13.2 Å². The molecule has 1 aromatic heterocycles. The van der Waals surface area contributed by atoms with Crippen LogP contribution in [0.3, 0.4) is 0 Å². The van der Waals surface area contributed by atoms with Crippen LogP contribution in [0.15, 0.2) is 12.4 Å². The lowest BCUT2D eigenvalue weighted by Gasteiger charge is -2.18. The molecule has 1 atom stereocenters. The number of rotatable bonds is 2. The van der Waals surface area contributed by atoms with E-state index < -0.39 is 24.2 Å². The molecule has 0 N–H and O–H groups in total. The lowest BCUT2D eigenvalue weighted by molar-refractivity contribution is -0.141. The number of aromatic nitrogens is 2. The maximum atomic E-state index is 12.5. The number of hydrogen-bond donors (Lipinski definition) is 0. The molecule has 1 unspecified atom stereocenters. The summed E-state index contributed by atoms with van der Waals surface area (Å²) in [6, 6.07) is 0.786. The standard InChI is InChI=1S/C10H10F5N3/c11-9(12)6-1-2-18(4-6)8-3-7(10(13,14)15)16-5-17-8/h3,5-6,9H,1-2,4H2. The maximum absolute atomic E-state index is 12.5. The van der Waals surface area contributed by atoms with Crippen LogP contribution < -0.4 is 4.90 Å². The zero-order valence-corrected chi connectivity index (χ0v) is 9.16. The molecule has 0 saturated carbocycles. The molecule has 0 aromatic carbocycles. The van der Waals surface area contributed by atoms with Gasteiger partial charge in [0.1, 0.15) is 17.8 Å². The van der Waals surface area contributed by atoms with Crippen molar-refractivity contribution in [1.82, 2.24) is 9.97 Å². The summed E-state index contributed by atoms with van der Waals surface area (Å²) in [5, 5.41) is 0. The molecular formula is C10H10F5N3. The van der Waals surface area contributed by atoms with Gasteiger partial charge in [0.15, 0.2) is 0 Å². The van der Waals surface area contributed by atoms with Crippen molar-refractivity contribution in [3.63, 3.8) is 0 Å². The number of anilines is 1. The highest BCUT2D eigenvalue weighted by atomic mass is 19.4. The molecule has 1 aromatic rings. The highest BCUT2D eigenvalue weighted by Crippen LogP contribution is 2.31. The first kappa shape index (κ1) is 13.0. The van der Waals surface area contributed by atoms with E-state index in [1.165, 1.54) is 4.90 Å². The van der Waals surface area contributed by atoms with E-state index in [-0.39, 0.29) is 25.3 Å². The Labute approximate surface area is 99.6 Å². The van der Waals surface area contributed by atoms with Crippen LogP contribution in [-0.4, -0.2) is 29.5 Å². The molecule has 0 amide bonds. The largest absolute Gasteiger partial charge is 0.433 e. The van der Waals surface area contributed by atoms with E-state index in [1.807, 2.05) is 0 Å². The fraction of sp³-hybridized carbons (Fsp3) is 0.600. The SMILES string of the molecule is FC(F)C1CCN(c2cc(C(F)(F)F)ncn2)C1. The van der Waals surface area contributed by atoms with Crippen molar-refractivity contribution in [2.75, 3.05) is 18.0 Å². The molecule has 2 rings (SSSR count). The minimum absolute atomic E-state index is 0.0198. The molecule has 8 heteroatoms. The predicted octanol–water partition coefficient (Wildman–Crippen LogP) is 2.59. The normalized spacial score (nSPS) is 20.8. The monoisotopic (exact) mass is 267 g/mol. The van der Waals surface area contributed by atoms with E-state index in [4.69, 9.17) is 0 Å². The van der Waals surface area contributed by atoms with Crippen LogP contribution in [0.1, 0.15) is 12.1 Å². The van der Waals surface area contributed by atoms with E-state index in [1.54, 1.807) is 0 Å². The average Bonchev–Trinajstić information content (AvgIpc) is 2.77. The third kappa shape index (κ3) is 2.68. The summed E-state index contributed by atoms with van der Waals surface area (Å²) in [5.74, 6) is -0.769. The van der Waals surface area contributed by atoms with Gasteiger partial charge in [0.25, 0.3) is 0 Å². The Kier molecular flexibility index (Phi) is 3.36. The predicted molar refractivity (Wildman–Crippen MR) is 53.4 cm³/mol. The van der Waals surface area contributed by atoms with Crippen LogP contribution in [0.25, 0.3) is 0 Å². The van der Waals surface area contributed by atoms with Gasteiger partial charge in [0.2, 0.25) is 6.43 Å². The number of halogens is 5. The summed E-state index contributed by atoms with van der Waals surface area (Å²) in [7, 11) is 0. The van der Waals surface area contributed by atoms with Crippen LogP contribution in [0.2, 0.25) is 0 Å². The summed E-state index contributed by atoms with van der Waals surface area (Å²) in [5.41, 5.74) is -1.06. The Hall–Kier alpha value is -1.47. The zero-order valence-electron chi connectivity index (χ0n) is 9.16. The van der Waals surface area contributed by atoms with Crippen molar-refractivity contribution in [2.24, 2.45) is 5.92 Å². The van der Waals surface area contributed by atoms with Gasteiger partial charge in [-0.05, 0) is 6.42 Å². The van der Waals surface area contributed by atoms with Gasteiger partial charge in [-0.15, -0.1) is 0 Å². The van der Waals surface area contributed by atoms with Crippen LogP contribution >= 0.6 is 0 Å².